The van der Waals surface area contributed by atoms with Gasteiger partial charge >= 0.3 is 0 Å². The molecule has 0 saturated carbocycles. The first-order chi connectivity index (χ1) is 15.1. The standard InChI is InChI=1S/C25H33N5O/c1-19-9-10-22-23(17-19)28-25(27-22)30-15-11-21(12-16-30)24(31)26-13-6-14-29(2)18-20-7-4-3-5-8-20/h3-5,7-10,17,21H,6,11-16,18H2,1-2H3,(H,26,31)(H,27,28). The number of aromatic nitrogens is 2. The number of H-pyrrole nitrogens is 1. The molecule has 1 aromatic heterocycles. The molecule has 3 aromatic rings. The summed E-state index contributed by atoms with van der Waals surface area (Å²) >= 11 is 0. The molecule has 2 N–H and O–H groups in total. The van der Waals surface area contributed by atoms with Gasteiger partial charge in [-0.3, -0.25) is 4.79 Å². The first-order valence-corrected chi connectivity index (χ1v) is 11.3. The van der Waals surface area contributed by atoms with Crippen LogP contribution in [0, 0.1) is 12.8 Å². The molecule has 6 nitrogen and oxygen atoms in total. The summed E-state index contributed by atoms with van der Waals surface area (Å²) in [6, 6.07) is 16.8. The van der Waals surface area contributed by atoms with Crippen LogP contribution in [0.4, 0.5) is 5.95 Å². The van der Waals surface area contributed by atoms with E-state index in [1.807, 2.05) is 6.07 Å². The third kappa shape index (κ3) is 5.64. The summed E-state index contributed by atoms with van der Waals surface area (Å²) in [5, 5.41) is 3.15. The molecule has 0 bridgehead atoms. The van der Waals surface area contributed by atoms with E-state index in [1.54, 1.807) is 0 Å². The van der Waals surface area contributed by atoms with Crippen LogP contribution in [0.2, 0.25) is 0 Å². The molecule has 1 fully saturated rings. The minimum atomic E-state index is 0.102. The van der Waals surface area contributed by atoms with Crippen molar-refractivity contribution < 1.29 is 4.79 Å². The van der Waals surface area contributed by atoms with Gasteiger partial charge in [-0.1, -0.05) is 36.4 Å². The largest absolute Gasteiger partial charge is 0.356 e. The lowest BCUT2D eigenvalue weighted by Crippen LogP contribution is -2.41. The Hall–Kier alpha value is -2.86. The summed E-state index contributed by atoms with van der Waals surface area (Å²) in [6.45, 7) is 6.45. The number of rotatable bonds is 8. The van der Waals surface area contributed by atoms with E-state index < -0.39 is 0 Å². The molecule has 0 unspecified atom stereocenters. The zero-order valence-corrected chi connectivity index (χ0v) is 18.6. The SMILES string of the molecule is Cc1ccc2nc(N3CCC(C(=O)NCCCN(C)Cc4ccccc4)CC3)[nH]c2c1. The molecular weight excluding hydrogens is 386 g/mol. The smallest absolute Gasteiger partial charge is 0.223 e. The summed E-state index contributed by atoms with van der Waals surface area (Å²) in [5.41, 5.74) is 4.62. The van der Waals surface area contributed by atoms with Crippen LogP contribution in [0.3, 0.4) is 0 Å². The van der Waals surface area contributed by atoms with E-state index in [0.717, 1.165) is 69.0 Å². The Bertz CT molecular complexity index is 992. The van der Waals surface area contributed by atoms with E-state index in [0.29, 0.717) is 0 Å². The number of nitrogens with zero attached hydrogens (tertiary/aromatic N) is 3. The van der Waals surface area contributed by atoms with Gasteiger partial charge in [-0.05, 0) is 63.0 Å². The van der Waals surface area contributed by atoms with Gasteiger partial charge in [-0.15, -0.1) is 0 Å². The predicted molar refractivity (Wildman–Crippen MR) is 126 cm³/mol. The molecule has 2 heterocycles. The molecule has 1 aliphatic rings. The zero-order valence-electron chi connectivity index (χ0n) is 18.6. The van der Waals surface area contributed by atoms with Crippen molar-refractivity contribution in [2.45, 2.75) is 32.7 Å². The van der Waals surface area contributed by atoms with Crippen molar-refractivity contribution in [1.82, 2.24) is 20.2 Å². The van der Waals surface area contributed by atoms with Crippen molar-refractivity contribution in [2.75, 3.05) is 38.1 Å². The van der Waals surface area contributed by atoms with E-state index >= 15 is 0 Å². The molecular formula is C25H33N5O. The molecule has 1 amide bonds. The van der Waals surface area contributed by atoms with Crippen molar-refractivity contribution in [3.05, 3.63) is 59.7 Å². The van der Waals surface area contributed by atoms with Crippen LogP contribution >= 0.6 is 0 Å². The number of anilines is 1. The minimum Gasteiger partial charge on any atom is -0.356 e. The van der Waals surface area contributed by atoms with Gasteiger partial charge < -0.3 is 20.1 Å². The lowest BCUT2D eigenvalue weighted by atomic mass is 9.96. The van der Waals surface area contributed by atoms with E-state index in [-0.39, 0.29) is 11.8 Å². The molecule has 0 aliphatic carbocycles. The van der Waals surface area contributed by atoms with Crippen LogP contribution in [-0.4, -0.2) is 54.0 Å². The Morgan fingerprint density at radius 2 is 1.97 bits per heavy atom. The molecule has 1 saturated heterocycles. The molecule has 4 rings (SSSR count). The fourth-order valence-electron chi connectivity index (χ4n) is 4.29. The highest BCUT2D eigenvalue weighted by molar-refractivity contribution is 5.80. The summed E-state index contributed by atoms with van der Waals surface area (Å²) in [6.07, 6.45) is 2.71. The second-order valence-corrected chi connectivity index (χ2v) is 8.71. The predicted octanol–water partition coefficient (Wildman–Crippen LogP) is 3.73. The average molecular weight is 420 g/mol. The lowest BCUT2D eigenvalue weighted by Gasteiger charge is -2.31. The molecule has 164 valence electrons. The fraction of sp³-hybridized carbons (Fsp3) is 0.440. The maximum Gasteiger partial charge on any atom is 0.223 e. The maximum absolute atomic E-state index is 12.6. The van der Waals surface area contributed by atoms with Gasteiger partial charge in [0.05, 0.1) is 11.0 Å². The Morgan fingerprint density at radius 1 is 1.19 bits per heavy atom. The third-order valence-electron chi connectivity index (χ3n) is 6.10. The highest BCUT2D eigenvalue weighted by atomic mass is 16.1. The normalized spacial score (nSPS) is 15.0. The molecule has 6 heteroatoms. The number of carbonyl (C=O) groups excluding carboxylic acids is 1. The van der Waals surface area contributed by atoms with E-state index in [2.05, 4.69) is 76.5 Å². The first-order valence-electron chi connectivity index (χ1n) is 11.3. The number of imidazole rings is 1. The van der Waals surface area contributed by atoms with Crippen LogP contribution in [0.1, 0.15) is 30.4 Å². The van der Waals surface area contributed by atoms with Gasteiger partial charge in [-0.25, -0.2) is 4.98 Å². The molecule has 2 aromatic carbocycles. The average Bonchev–Trinajstić information content (AvgIpc) is 3.20. The molecule has 0 radical (unpaired) electrons. The third-order valence-corrected chi connectivity index (χ3v) is 6.10. The van der Waals surface area contributed by atoms with E-state index in [9.17, 15) is 4.79 Å². The maximum atomic E-state index is 12.6. The summed E-state index contributed by atoms with van der Waals surface area (Å²) < 4.78 is 0. The number of hydrogen-bond donors (Lipinski definition) is 2. The molecule has 31 heavy (non-hydrogen) atoms. The molecule has 0 atom stereocenters. The summed E-state index contributed by atoms with van der Waals surface area (Å²) in [7, 11) is 2.13. The van der Waals surface area contributed by atoms with E-state index in [1.165, 1.54) is 11.1 Å². The number of nitrogens with one attached hydrogen (secondary N) is 2. The number of benzene rings is 2. The second-order valence-electron chi connectivity index (χ2n) is 8.71. The van der Waals surface area contributed by atoms with Crippen molar-refractivity contribution in [1.29, 1.82) is 0 Å². The van der Waals surface area contributed by atoms with Crippen LogP contribution in [-0.2, 0) is 11.3 Å². The Morgan fingerprint density at radius 3 is 2.74 bits per heavy atom. The van der Waals surface area contributed by atoms with Crippen molar-refractivity contribution in [2.24, 2.45) is 5.92 Å². The minimum absolute atomic E-state index is 0.102. The van der Waals surface area contributed by atoms with Gasteiger partial charge in [-0.2, -0.15) is 0 Å². The second kappa shape index (κ2) is 9.96. The fourth-order valence-corrected chi connectivity index (χ4v) is 4.29. The number of hydrogen-bond acceptors (Lipinski definition) is 4. The number of aryl methyl sites for hydroxylation is 1. The van der Waals surface area contributed by atoms with Crippen LogP contribution in [0.15, 0.2) is 48.5 Å². The van der Waals surface area contributed by atoms with Gasteiger partial charge in [0.15, 0.2) is 0 Å². The van der Waals surface area contributed by atoms with Gasteiger partial charge in [0, 0.05) is 32.1 Å². The van der Waals surface area contributed by atoms with Crippen LogP contribution in [0.5, 0.6) is 0 Å². The Kier molecular flexibility index (Phi) is 6.87. The van der Waals surface area contributed by atoms with Crippen LogP contribution in [0.25, 0.3) is 11.0 Å². The highest BCUT2D eigenvalue weighted by Crippen LogP contribution is 2.24. The van der Waals surface area contributed by atoms with Gasteiger partial charge in [0.1, 0.15) is 0 Å². The number of carbonyl (C=O) groups is 1. The topological polar surface area (TPSA) is 64.3 Å². The number of amides is 1. The zero-order chi connectivity index (χ0) is 21.6. The first kappa shape index (κ1) is 21.4. The van der Waals surface area contributed by atoms with Crippen molar-refractivity contribution in [3.63, 3.8) is 0 Å². The van der Waals surface area contributed by atoms with Gasteiger partial charge in [0.2, 0.25) is 11.9 Å². The quantitative estimate of drug-likeness (QED) is 0.546. The van der Waals surface area contributed by atoms with Crippen molar-refractivity contribution in [3.8, 4) is 0 Å². The summed E-state index contributed by atoms with van der Waals surface area (Å²) in [5.74, 6) is 1.22. The Labute approximate surface area is 184 Å². The Balaban J connectivity index is 1.17. The number of piperidine rings is 1. The van der Waals surface area contributed by atoms with Crippen molar-refractivity contribution >= 4 is 22.9 Å². The monoisotopic (exact) mass is 419 g/mol. The number of aromatic amines is 1. The highest BCUT2D eigenvalue weighted by Gasteiger charge is 2.26. The van der Waals surface area contributed by atoms with E-state index in [4.69, 9.17) is 4.98 Å². The molecule has 0 spiro atoms. The van der Waals surface area contributed by atoms with Gasteiger partial charge in [0.25, 0.3) is 0 Å². The summed E-state index contributed by atoms with van der Waals surface area (Å²) in [4.78, 5) is 25.3. The molecule has 1 aliphatic heterocycles. The van der Waals surface area contributed by atoms with Crippen LogP contribution < -0.4 is 10.2 Å². The number of fused-ring (bicyclic) bond motifs is 1. The lowest BCUT2D eigenvalue weighted by molar-refractivity contribution is -0.125.